The number of hydrogen-bond donors (Lipinski definition) is 1. The standard InChI is InChI=1S/C12H17NO4S/c1-9-4-6-10(7-5-9)18(16)8-11(14)12(15)13(2)17-3/h4-7,11,14H,8H2,1-3H3/t11-,18-/m1/s1. The van der Waals surface area contributed by atoms with Gasteiger partial charge in [-0.15, -0.1) is 0 Å². The second kappa shape index (κ2) is 6.63. The fraction of sp³-hybridized carbons (Fsp3) is 0.417. The third-order valence-electron chi connectivity index (χ3n) is 2.46. The lowest BCUT2D eigenvalue weighted by atomic mass is 10.2. The van der Waals surface area contributed by atoms with E-state index in [9.17, 15) is 14.1 Å². The topological polar surface area (TPSA) is 66.8 Å². The highest BCUT2D eigenvalue weighted by molar-refractivity contribution is 7.85. The Morgan fingerprint density at radius 2 is 2.00 bits per heavy atom. The molecule has 1 rings (SSSR count). The first-order valence-electron chi connectivity index (χ1n) is 5.40. The number of hydrogen-bond acceptors (Lipinski definition) is 4. The molecule has 6 heteroatoms. The fourth-order valence-electron chi connectivity index (χ4n) is 1.30. The molecule has 0 aliphatic heterocycles. The van der Waals surface area contributed by atoms with Gasteiger partial charge >= 0.3 is 0 Å². The SMILES string of the molecule is CON(C)C(=O)[C@H](O)C[S@@](=O)c1ccc(C)cc1. The Bertz CT molecular complexity index is 432. The molecular weight excluding hydrogens is 254 g/mol. The van der Waals surface area contributed by atoms with E-state index in [4.69, 9.17) is 0 Å². The van der Waals surface area contributed by atoms with Gasteiger partial charge in [-0.3, -0.25) is 13.8 Å². The number of benzene rings is 1. The molecule has 0 spiro atoms. The number of aliphatic hydroxyl groups is 1. The highest BCUT2D eigenvalue weighted by atomic mass is 32.2. The number of likely N-dealkylation sites (N-methyl/N-ethyl adjacent to an activating group) is 1. The first-order valence-corrected chi connectivity index (χ1v) is 6.72. The first kappa shape index (κ1) is 14.8. The molecule has 0 bridgehead atoms. The van der Waals surface area contributed by atoms with E-state index in [1.165, 1.54) is 14.2 Å². The lowest BCUT2D eigenvalue weighted by Gasteiger charge is -2.17. The molecular formula is C12H17NO4S. The quantitative estimate of drug-likeness (QED) is 0.791. The van der Waals surface area contributed by atoms with E-state index in [1.54, 1.807) is 12.1 Å². The van der Waals surface area contributed by atoms with Crippen LogP contribution in [0.25, 0.3) is 0 Å². The summed E-state index contributed by atoms with van der Waals surface area (Å²) in [6.45, 7) is 1.93. The van der Waals surface area contributed by atoms with Gasteiger partial charge in [0.2, 0.25) is 0 Å². The number of aliphatic hydroxyl groups excluding tert-OH is 1. The number of rotatable bonds is 5. The number of hydroxylamine groups is 2. The van der Waals surface area contributed by atoms with Gasteiger partial charge in [-0.2, -0.15) is 0 Å². The normalized spacial score (nSPS) is 14.0. The molecule has 0 saturated carbocycles. The minimum atomic E-state index is -1.41. The summed E-state index contributed by atoms with van der Waals surface area (Å²) in [6.07, 6.45) is -1.34. The van der Waals surface area contributed by atoms with E-state index in [0.717, 1.165) is 10.6 Å². The Morgan fingerprint density at radius 1 is 1.44 bits per heavy atom. The summed E-state index contributed by atoms with van der Waals surface area (Å²) in [5.41, 5.74) is 1.06. The molecule has 0 aliphatic rings. The minimum absolute atomic E-state index is 0.143. The Kier molecular flexibility index (Phi) is 5.46. The van der Waals surface area contributed by atoms with Gasteiger partial charge in [-0.1, -0.05) is 17.7 Å². The van der Waals surface area contributed by atoms with Crippen LogP contribution in [0.2, 0.25) is 0 Å². The lowest BCUT2D eigenvalue weighted by Crippen LogP contribution is -2.38. The molecule has 1 aromatic carbocycles. The maximum absolute atomic E-state index is 11.9. The van der Waals surface area contributed by atoms with Crippen molar-refractivity contribution in [3.8, 4) is 0 Å². The van der Waals surface area contributed by atoms with E-state index in [1.807, 2.05) is 19.1 Å². The van der Waals surface area contributed by atoms with Crippen molar-refractivity contribution < 1.29 is 18.9 Å². The molecule has 1 N–H and O–H groups in total. The van der Waals surface area contributed by atoms with Crippen molar-refractivity contribution in [2.75, 3.05) is 19.9 Å². The van der Waals surface area contributed by atoms with Crippen molar-refractivity contribution in [3.63, 3.8) is 0 Å². The summed E-state index contributed by atoms with van der Waals surface area (Å²) >= 11 is 0. The van der Waals surface area contributed by atoms with Gasteiger partial charge in [0.25, 0.3) is 5.91 Å². The predicted octanol–water partition coefficient (Wildman–Crippen LogP) is 0.483. The molecule has 0 unspecified atom stereocenters. The maximum Gasteiger partial charge on any atom is 0.275 e. The molecule has 0 saturated heterocycles. The highest BCUT2D eigenvalue weighted by Crippen LogP contribution is 2.10. The largest absolute Gasteiger partial charge is 0.382 e. The van der Waals surface area contributed by atoms with Crippen molar-refractivity contribution in [1.82, 2.24) is 5.06 Å². The van der Waals surface area contributed by atoms with E-state index in [2.05, 4.69) is 4.84 Å². The summed E-state index contributed by atoms with van der Waals surface area (Å²) in [6, 6.07) is 7.12. The van der Waals surface area contributed by atoms with Crippen molar-refractivity contribution in [3.05, 3.63) is 29.8 Å². The van der Waals surface area contributed by atoms with Crippen LogP contribution in [-0.2, 0) is 20.4 Å². The van der Waals surface area contributed by atoms with Gasteiger partial charge in [-0.25, -0.2) is 5.06 Å². The van der Waals surface area contributed by atoms with Crippen LogP contribution in [0.5, 0.6) is 0 Å². The minimum Gasteiger partial charge on any atom is -0.382 e. The van der Waals surface area contributed by atoms with Gasteiger partial charge in [0.1, 0.15) is 6.10 Å². The van der Waals surface area contributed by atoms with E-state index < -0.39 is 22.8 Å². The number of carbonyl (C=O) groups is 1. The zero-order chi connectivity index (χ0) is 13.7. The Labute approximate surface area is 109 Å². The number of carbonyl (C=O) groups excluding carboxylic acids is 1. The van der Waals surface area contributed by atoms with Crippen molar-refractivity contribution >= 4 is 16.7 Å². The predicted molar refractivity (Wildman–Crippen MR) is 68.2 cm³/mol. The van der Waals surface area contributed by atoms with Crippen LogP contribution in [0.3, 0.4) is 0 Å². The zero-order valence-electron chi connectivity index (χ0n) is 10.6. The van der Waals surface area contributed by atoms with Crippen LogP contribution in [-0.4, -0.2) is 46.3 Å². The van der Waals surface area contributed by atoms with Crippen LogP contribution in [0.4, 0.5) is 0 Å². The molecule has 18 heavy (non-hydrogen) atoms. The van der Waals surface area contributed by atoms with Crippen molar-refractivity contribution in [2.24, 2.45) is 0 Å². The molecule has 0 fully saturated rings. The zero-order valence-corrected chi connectivity index (χ0v) is 11.4. The van der Waals surface area contributed by atoms with Gasteiger partial charge in [0.05, 0.1) is 23.7 Å². The van der Waals surface area contributed by atoms with Crippen LogP contribution in [0.15, 0.2) is 29.2 Å². The average molecular weight is 271 g/mol. The van der Waals surface area contributed by atoms with Crippen LogP contribution in [0.1, 0.15) is 5.56 Å². The highest BCUT2D eigenvalue weighted by Gasteiger charge is 2.22. The number of nitrogens with zero attached hydrogens (tertiary/aromatic N) is 1. The van der Waals surface area contributed by atoms with Gasteiger partial charge in [0.15, 0.2) is 0 Å². The Balaban J connectivity index is 2.65. The number of amides is 1. The third kappa shape index (κ3) is 3.90. The molecule has 0 aromatic heterocycles. The number of aryl methyl sites for hydroxylation is 1. The van der Waals surface area contributed by atoms with E-state index in [0.29, 0.717) is 4.90 Å². The fourth-order valence-corrected chi connectivity index (χ4v) is 2.36. The Hall–Kier alpha value is -1.24. The Morgan fingerprint density at radius 3 is 2.50 bits per heavy atom. The van der Waals surface area contributed by atoms with E-state index >= 15 is 0 Å². The molecule has 5 nitrogen and oxygen atoms in total. The second-order valence-electron chi connectivity index (χ2n) is 3.86. The summed E-state index contributed by atoms with van der Waals surface area (Å²) in [4.78, 5) is 16.8. The third-order valence-corrected chi connectivity index (χ3v) is 3.88. The monoisotopic (exact) mass is 271 g/mol. The van der Waals surface area contributed by atoms with Crippen molar-refractivity contribution in [2.45, 2.75) is 17.9 Å². The molecule has 1 amide bonds. The van der Waals surface area contributed by atoms with Crippen molar-refractivity contribution in [1.29, 1.82) is 0 Å². The molecule has 100 valence electrons. The first-order chi connectivity index (χ1) is 8.45. The summed E-state index contributed by atoms with van der Waals surface area (Å²) in [5, 5.41) is 10.6. The van der Waals surface area contributed by atoms with Crippen LogP contribution in [0, 0.1) is 6.92 Å². The van der Waals surface area contributed by atoms with E-state index in [-0.39, 0.29) is 5.75 Å². The van der Waals surface area contributed by atoms with Crippen LogP contribution < -0.4 is 0 Å². The second-order valence-corrected chi connectivity index (χ2v) is 5.36. The molecule has 1 aromatic rings. The average Bonchev–Trinajstić information content (AvgIpc) is 2.37. The smallest absolute Gasteiger partial charge is 0.275 e. The summed E-state index contributed by atoms with van der Waals surface area (Å²) in [5.74, 6) is -0.756. The molecule has 0 heterocycles. The molecule has 0 aliphatic carbocycles. The summed E-state index contributed by atoms with van der Waals surface area (Å²) in [7, 11) is 1.30. The molecule has 0 radical (unpaired) electrons. The molecule has 2 atom stereocenters. The summed E-state index contributed by atoms with van der Waals surface area (Å²) < 4.78 is 11.9. The lowest BCUT2D eigenvalue weighted by molar-refractivity contribution is -0.176. The van der Waals surface area contributed by atoms with Gasteiger partial charge in [-0.05, 0) is 19.1 Å². The maximum atomic E-state index is 11.9. The van der Waals surface area contributed by atoms with Gasteiger partial charge < -0.3 is 5.11 Å². The van der Waals surface area contributed by atoms with Crippen LogP contribution >= 0.6 is 0 Å². The van der Waals surface area contributed by atoms with Gasteiger partial charge in [0, 0.05) is 11.9 Å².